The lowest BCUT2D eigenvalue weighted by molar-refractivity contribution is -0.129. The van der Waals surface area contributed by atoms with Gasteiger partial charge in [0, 0.05) is 38.4 Å². The summed E-state index contributed by atoms with van der Waals surface area (Å²) in [5, 5.41) is 7.39. The number of anilines is 1. The maximum atomic E-state index is 12.6. The Bertz CT molecular complexity index is 923. The number of carbonyl (C=O) groups is 1. The highest BCUT2D eigenvalue weighted by Crippen LogP contribution is 2.38. The average Bonchev–Trinajstić information content (AvgIpc) is 3.40. The predicted octanol–water partition coefficient (Wildman–Crippen LogP) is 2.16. The molecule has 0 aliphatic carbocycles. The first-order valence-electron chi connectivity index (χ1n) is 9.03. The average molecular weight is 368 g/mol. The van der Waals surface area contributed by atoms with E-state index in [4.69, 9.17) is 0 Å². The number of rotatable bonds is 5. The molecule has 0 spiro atoms. The number of aromatic nitrogens is 4. The van der Waals surface area contributed by atoms with Crippen molar-refractivity contribution < 1.29 is 4.79 Å². The van der Waals surface area contributed by atoms with Gasteiger partial charge in [0.1, 0.15) is 17.0 Å². The first-order chi connectivity index (χ1) is 12.8. The fraction of sp³-hybridized carbons (Fsp3) is 0.444. The van der Waals surface area contributed by atoms with Gasteiger partial charge in [0.05, 0.1) is 17.5 Å². The third kappa shape index (κ3) is 2.56. The Morgan fingerprint density at radius 1 is 1.23 bits per heavy atom. The van der Waals surface area contributed by atoms with E-state index in [0.717, 1.165) is 48.5 Å². The molecule has 0 aromatic carbocycles. The van der Waals surface area contributed by atoms with Crippen LogP contribution in [-0.4, -0.2) is 55.7 Å². The number of thiophene rings is 1. The summed E-state index contributed by atoms with van der Waals surface area (Å²) in [6.07, 6.45) is 7.92. The minimum absolute atomic E-state index is 0.227. The highest BCUT2D eigenvalue weighted by atomic mass is 32.1. The standard InChI is InChI=1S/C18H20N6OS/c25-16-11-15-14(23(16)8-2-7-22-6-1-5-21-22)3-9-24(15)17-13-4-10-26-18(13)20-12-19-17/h1,4-6,10,12,14-15H,2-3,7-9,11H2/t14-,15-/m0/s1. The summed E-state index contributed by atoms with van der Waals surface area (Å²) < 4.78 is 1.92. The Morgan fingerprint density at radius 3 is 3.08 bits per heavy atom. The van der Waals surface area contributed by atoms with Crippen LogP contribution in [-0.2, 0) is 11.3 Å². The van der Waals surface area contributed by atoms with Gasteiger partial charge in [-0.3, -0.25) is 9.48 Å². The second kappa shape index (κ2) is 6.35. The second-order valence-electron chi connectivity index (χ2n) is 6.87. The highest BCUT2D eigenvalue weighted by molar-refractivity contribution is 7.16. The summed E-state index contributed by atoms with van der Waals surface area (Å²) >= 11 is 1.63. The quantitative estimate of drug-likeness (QED) is 0.690. The molecule has 2 saturated heterocycles. The Labute approximate surface area is 155 Å². The van der Waals surface area contributed by atoms with Gasteiger partial charge in [-0.1, -0.05) is 0 Å². The number of carbonyl (C=O) groups excluding carboxylic acids is 1. The Morgan fingerprint density at radius 2 is 2.19 bits per heavy atom. The molecule has 3 aromatic rings. The molecule has 5 rings (SSSR count). The lowest BCUT2D eigenvalue weighted by atomic mass is 10.1. The zero-order valence-electron chi connectivity index (χ0n) is 14.4. The molecule has 26 heavy (non-hydrogen) atoms. The minimum atomic E-state index is 0.227. The van der Waals surface area contributed by atoms with Crippen LogP contribution >= 0.6 is 11.3 Å². The fourth-order valence-corrected chi connectivity index (χ4v) is 5.05. The third-order valence-electron chi connectivity index (χ3n) is 5.47. The third-order valence-corrected chi connectivity index (χ3v) is 6.29. The first kappa shape index (κ1) is 15.7. The molecule has 1 amide bonds. The van der Waals surface area contributed by atoms with E-state index in [9.17, 15) is 4.79 Å². The van der Waals surface area contributed by atoms with Crippen LogP contribution in [0.1, 0.15) is 19.3 Å². The van der Waals surface area contributed by atoms with Gasteiger partial charge < -0.3 is 9.80 Å². The van der Waals surface area contributed by atoms with Crippen molar-refractivity contribution in [3.63, 3.8) is 0 Å². The molecule has 0 N–H and O–H groups in total. The lowest BCUT2D eigenvalue weighted by Crippen LogP contribution is -2.38. The first-order valence-corrected chi connectivity index (χ1v) is 9.91. The van der Waals surface area contributed by atoms with Crippen molar-refractivity contribution >= 4 is 33.3 Å². The monoisotopic (exact) mass is 368 g/mol. The number of fused-ring (bicyclic) bond motifs is 2. The Kier molecular flexibility index (Phi) is 3.85. The van der Waals surface area contributed by atoms with Crippen LogP contribution < -0.4 is 4.90 Å². The molecule has 2 aliphatic rings. The van der Waals surface area contributed by atoms with Crippen LogP contribution in [0.3, 0.4) is 0 Å². The van der Waals surface area contributed by atoms with Crippen molar-refractivity contribution in [2.75, 3.05) is 18.0 Å². The zero-order chi connectivity index (χ0) is 17.5. The molecule has 2 aliphatic heterocycles. The highest BCUT2D eigenvalue weighted by Gasteiger charge is 2.47. The molecule has 5 heterocycles. The molecule has 0 radical (unpaired) electrons. The minimum Gasteiger partial charge on any atom is -0.350 e. The van der Waals surface area contributed by atoms with Crippen molar-refractivity contribution in [1.82, 2.24) is 24.6 Å². The van der Waals surface area contributed by atoms with Crippen molar-refractivity contribution in [3.05, 3.63) is 36.2 Å². The maximum absolute atomic E-state index is 12.6. The summed E-state index contributed by atoms with van der Waals surface area (Å²) in [5.74, 6) is 1.25. The van der Waals surface area contributed by atoms with Crippen LogP contribution in [0.15, 0.2) is 36.2 Å². The molecule has 0 bridgehead atoms. The number of hydrogen-bond donors (Lipinski definition) is 0. The normalized spacial score (nSPS) is 22.5. The largest absolute Gasteiger partial charge is 0.350 e. The van der Waals surface area contributed by atoms with E-state index in [1.54, 1.807) is 23.9 Å². The lowest BCUT2D eigenvalue weighted by Gasteiger charge is -2.26. The molecular formula is C18H20N6OS. The molecular weight excluding hydrogens is 348 g/mol. The van der Waals surface area contributed by atoms with Crippen molar-refractivity contribution in [2.24, 2.45) is 0 Å². The summed E-state index contributed by atoms with van der Waals surface area (Å²) in [7, 11) is 0. The molecule has 134 valence electrons. The number of aryl methyl sites for hydroxylation is 1. The predicted molar refractivity (Wildman–Crippen MR) is 100 cm³/mol. The SMILES string of the molecule is O=C1C[C@H]2[C@H](CCN2c2ncnc3sccc23)N1CCCn1cccn1. The van der Waals surface area contributed by atoms with Gasteiger partial charge in [-0.2, -0.15) is 5.10 Å². The number of nitrogens with zero attached hydrogens (tertiary/aromatic N) is 6. The summed E-state index contributed by atoms with van der Waals surface area (Å²) in [6.45, 7) is 2.59. The van der Waals surface area contributed by atoms with E-state index in [0.29, 0.717) is 12.5 Å². The Balaban J connectivity index is 1.32. The maximum Gasteiger partial charge on any atom is 0.225 e. The van der Waals surface area contributed by atoms with Gasteiger partial charge in [0.2, 0.25) is 5.91 Å². The molecule has 8 heteroatoms. The van der Waals surface area contributed by atoms with Crippen molar-refractivity contribution in [1.29, 1.82) is 0 Å². The molecule has 2 atom stereocenters. The number of likely N-dealkylation sites (tertiary alicyclic amines) is 1. The van der Waals surface area contributed by atoms with Gasteiger partial charge in [0.25, 0.3) is 0 Å². The number of hydrogen-bond acceptors (Lipinski definition) is 6. The van der Waals surface area contributed by atoms with E-state index >= 15 is 0 Å². The molecule has 0 saturated carbocycles. The molecule has 7 nitrogen and oxygen atoms in total. The summed E-state index contributed by atoms with van der Waals surface area (Å²) in [5.41, 5.74) is 0. The van der Waals surface area contributed by atoms with E-state index in [-0.39, 0.29) is 11.9 Å². The van der Waals surface area contributed by atoms with E-state index in [1.165, 1.54) is 0 Å². The summed E-state index contributed by atoms with van der Waals surface area (Å²) in [6, 6.07) is 4.54. The van der Waals surface area contributed by atoms with Crippen LogP contribution in [0, 0.1) is 0 Å². The number of amides is 1. The van der Waals surface area contributed by atoms with E-state index in [2.05, 4.69) is 36.3 Å². The van der Waals surface area contributed by atoms with Crippen LogP contribution in [0.4, 0.5) is 5.82 Å². The van der Waals surface area contributed by atoms with Crippen LogP contribution in [0.5, 0.6) is 0 Å². The molecule has 0 unspecified atom stereocenters. The van der Waals surface area contributed by atoms with Crippen LogP contribution in [0.2, 0.25) is 0 Å². The van der Waals surface area contributed by atoms with Gasteiger partial charge in [0.15, 0.2) is 0 Å². The topological polar surface area (TPSA) is 67.2 Å². The van der Waals surface area contributed by atoms with Crippen LogP contribution in [0.25, 0.3) is 10.2 Å². The van der Waals surface area contributed by atoms with Gasteiger partial charge >= 0.3 is 0 Å². The summed E-state index contributed by atoms with van der Waals surface area (Å²) in [4.78, 5) is 26.9. The molecule has 2 fully saturated rings. The fourth-order valence-electron chi connectivity index (χ4n) is 4.32. The van der Waals surface area contributed by atoms with Crippen molar-refractivity contribution in [2.45, 2.75) is 37.9 Å². The van der Waals surface area contributed by atoms with Gasteiger partial charge in [-0.15, -0.1) is 11.3 Å². The van der Waals surface area contributed by atoms with Crippen molar-refractivity contribution in [3.8, 4) is 0 Å². The Hall–Kier alpha value is -2.48. The smallest absolute Gasteiger partial charge is 0.225 e. The van der Waals surface area contributed by atoms with E-state index < -0.39 is 0 Å². The van der Waals surface area contributed by atoms with E-state index in [1.807, 2.05) is 16.9 Å². The van der Waals surface area contributed by atoms with Gasteiger partial charge in [-0.05, 0) is 30.4 Å². The zero-order valence-corrected chi connectivity index (χ0v) is 15.2. The molecule has 3 aromatic heterocycles. The van der Waals surface area contributed by atoms with Gasteiger partial charge in [-0.25, -0.2) is 9.97 Å². The second-order valence-corrected chi connectivity index (χ2v) is 7.76.